The quantitative estimate of drug-likeness (QED) is 0.429. The molecule has 0 aromatic heterocycles. The molecule has 0 N–H and O–H groups in total. The van der Waals surface area contributed by atoms with E-state index in [9.17, 15) is 0 Å². The third-order valence-electron chi connectivity index (χ3n) is 3.71. The average molecular weight is 388 g/mol. The minimum absolute atomic E-state index is 0.508. The second kappa shape index (κ2) is 2.61. The molecule has 0 bridgehead atoms. The predicted octanol–water partition coefficient (Wildman–Crippen LogP) is 4.32. The van der Waals surface area contributed by atoms with Crippen molar-refractivity contribution in [3.05, 3.63) is 9.15 Å². The van der Waals surface area contributed by atoms with Gasteiger partial charge in [-0.05, 0) is 53.7 Å². The Bertz CT molecular complexity index is 265. The van der Waals surface area contributed by atoms with E-state index < -0.39 is 0 Å². The van der Waals surface area contributed by atoms with Gasteiger partial charge in [0.05, 0.1) is 3.42 Å². The van der Waals surface area contributed by atoms with Crippen LogP contribution >= 0.6 is 45.2 Å². The topological polar surface area (TPSA) is 0 Å². The SMILES string of the molecule is CC1=C(I)C2(I)C(CC1)C2(C)C. The molecule has 0 heterocycles. The van der Waals surface area contributed by atoms with Crippen LogP contribution in [0, 0.1) is 11.3 Å². The van der Waals surface area contributed by atoms with Crippen molar-refractivity contribution in [2.45, 2.75) is 37.0 Å². The van der Waals surface area contributed by atoms with Gasteiger partial charge in [0.25, 0.3) is 0 Å². The predicted molar refractivity (Wildman–Crippen MR) is 70.0 cm³/mol. The van der Waals surface area contributed by atoms with E-state index in [2.05, 4.69) is 66.0 Å². The van der Waals surface area contributed by atoms with Gasteiger partial charge in [-0.2, -0.15) is 0 Å². The summed E-state index contributed by atoms with van der Waals surface area (Å²) < 4.78 is 2.15. The summed E-state index contributed by atoms with van der Waals surface area (Å²) in [4.78, 5) is 0. The zero-order valence-electron chi connectivity index (χ0n) is 7.75. The molecule has 2 heteroatoms. The first-order valence-corrected chi connectivity index (χ1v) is 6.62. The van der Waals surface area contributed by atoms with E-state index >= 15 is 0 Å². The Labute approximate surface area is 102 Å². The largest absolute Gasteiger partial charge is 0.0722 e. The maximum Gasteiger partial charge on any atom is 0.0615 e. The molecule has 0 nitrogen and oxygen atoms in total. The fourth-order valence-corrected chi connectivity index (χ4v) is 5.70. The molecule has 0 spiro atoms. The highest BCUT2D eigenvalue weighted by Crippen LogP contribution is 2.75. The summed E-state index contributed by atoms with van der Waals surface area (Å²) >= 11 is 5.25. The Hall–Kier alpha value is 1.20. The average Bonchev–Trinajstić information content (AvgIpc) is 2.42. The molecular formula is C10H14I2. The van der Waals surface area contributed by atoms with Crippen molar-refractivity contribution in [1.82, 2.24) is 0 Å². The van der Waals surface area contributed by atoms with Crippen LogP contribution < -0.4 is 0 Å². The van der Waals surface area contributed by atoms with Gasteiger partial charge >= 0.3 is 0 Å². The molecular weight excluding hydrogens is 374 g/mol. The third kappa shape index (κ3) is 0.940. The van der Waals surface area contributed by atoms with Gasteiger partial charge in [-0.25, -0.2) is 0 Å². The van der Waals surface area contributed by atoms with Gasteiger partial charge in [0.1, 0.15) is 0 Å². The van der Waals surface area contributed by atoms with Crippen molar-refractivity contribution in [2.75, 3.05) is 0 Å². The van der Waals surface area contributed by atoms with Crippen LogP contribution in [-0.4, -0.2) is 3.42 Å². The van der Waals surface area contributed by atoms with E-state index in [1.54, 1.807) is 9.15 Å². The summed E-state index contributed by atoms with van der Waals surface area (Å²) in [6.07, 6.45) is 2.74. The molecule has 0 aliphatic heterocycles. The first-order valence-electron chi connectivity index (χ1n) is 4.47. The third-order valence-corrected chi connectivity index (χ3v) is 9.19. The molecule has 0 saturated heterocycles. The molecule has 1 saturated carbocycles. The Morgan fingerprint density at radius 1 is 1.42 bits per heavy atom. The lowest BCUT2D eigenvalue weighted by atomic mass is 10.0. The number of alkyl halides is 1. The zero-order chi connectivity index (χ0) is 9.15. The molecule has 2 aliphatic rings. The maximum atomic E-state index is 2.68. The molecule has 2 rings (SSSR count). The van der Waals surface area contributed by atoms with Crippen molar-refractivity contribution in [1.29, 1.82) is 0 Å². The fourth-order valence-electron chi connectivity index (χ4n) is 2.59. The number of hydrogen-bond donors (Lipinski definition) is 0. The fraction of sp³-hybridized carbons (Fsp3) is 0.800. The minimum Gasteiger partial charge on any atom is -0.0722 e. The van der Waals surface area contributed by atoms with Crippen molar-refractivity contribution in [3.63, 3.8) is 0 Å². The number of allylic oxidation sites excluding steroid dienone is 2. The molecule has 0 radical (unpaired) electrons. The van der Waals surface area contributed by atoms with Crippen LogP contribution in [0.15, 0.2) is 9.15 Å². The highest BCUT2D eigenvalue weighted by Gasteiger charge is 2.71. The van der Waals surface area contributed by atoms with E-state index in [4.69, 9.17) is 0 Å². The normalized spacial score (nSPS) is 44.2. The van der Waals surface area contributed by atoms with Crippen LogP contribution in [0.1, 0.15) is 33.6 Å². The van der Waals surface area contributed by atoms with Crippen molar-refractivity contribution < 1.29 is 0 Å². The van der Waals surface area contributed by atoms with Gasteiger partial charge in [0, 0.05) is 3.58 Å². The second-order valence-corrected chi connectivity index (χ2v) is 7.40. The number of rotatable bonds is 0. The van der Waals surface area contributed by atoms with E-state index in [1.807, 2.05) is 0 Å². The molecule has 0 aromatic carbocycles. The molecule has 1 fully saturated rings. The van der Waals surface area contributed by atoms with Crippen molar-refractivity contribution in [2.24, 2.45) is 11.3 Å². The van der Waals surface area contributed by atoms with Gasteiger partial charge < -0.3 is 0 Å². The van der Waals surface area contributed by atoms with Gasteiger partial charge in [0.2, 0.25) is 0 Å². The summed E-state index contributed by atoms with van der Waals surface area (Å²) in [5.74, 6) is 0.946. The molecule has 2 atom stereocenters. The Kier molecular flexibility index (Phi) is 2.12. The Morgan fingerprint density at radius 3 is 2.50 bits per heavy atom. The van der Waals surface area contributed by atoms with Gasteiger partial charge in [-0.15, -0.1) is 0 Å². The van der Waals surface area contributed by atoms with E-state index in [1.165, 1.54) is 12.8 Å². The van der Waals surface area contributed by atoms with Crippen LogP contribution in [0.25, 0.3) is 0 Å². The van der Waals surface area contributed by atoms with E-state index in [0.29, 0.717) is 8.84 Å². The highest BCUT2D eigenvalue weighted by molar-refractivity contribution is 14.1. The first kappa shape index (κ1) is 9.74. The monoisotopic (exact) mass is 388 g/mol. The smallest absolute Gasteiger partial charge is 0.0615 e. The molecule has 12 heavy (non-hydrogen) atoms. The van der Waals surface area contributed by atoms with Crippen LogP contribution in [0.2, 0.25) is 0 Å². The van der Waals surface area contributed by atoms with Crippen LogP contribution in [0.4, 0.5) is 0 Å². The number of halogens is 2. The molecule has 2 aliphatic carbocycles. The lowest BCUT2D eigenvalue weighted by Crippen LogP contribution is -2.11. The lowest BCUT2D eigenvalue weighted by molar-refractivity contribution is 0.534. The highest BCUT2D eigenvalue weighted by atomic mass is 127. The van der Waals surface area contributed by atoms with Gasteiger partial charge in [0.15, 0.2) is 0 Å². The van der Waals surface area contributed by atoms with E-state index in [0.717, 1.165) is 5.92 Å². The molecule has 2 unspecified atom stereocenters. The first-order chi connectivity index (χ1) is 5.42. The summed E-state index contributed by atoms with van der Waals surface area (Å²) in [7, 11) is 0. The summed E-state index contributed by atoms with van der Waals surface area (Å²) in [5, 5.41) is 0. The van der Waals surface area contributed by atoms with Gasteiger partial charge in [-0.1, -0.05) is 42.0 Å². The number of fused-ring (bicyclic) bond motifs is 1. The Balaban J connectivity index is 2.44. The Morgan fingerprint density at radius 2 is 2.00 bits per heavy atom. The lowest BCUT2D eigenvalue weighted by Gasteiger charge is -2.19. The van der Waals surface area contributed by atoms with Crippen LogP contribution in [0.5, 0.6) is 0 Å². The standard InChI is InChI=1S/C10H14I2/c1-6-4-5-7-9(2,3)10(7,12)8(6)11/h7H,4-5H2,1-3H3. The maximum absolute atomic E-state index is 2.68. The summed E-state index contributed by atoms with van der Waals surface area (Å²) in [6, 6.07) is 0. The molecule has 68 valence electrons. The molecule has 0 amide bonds. The molecule has 0 aromatic rings. The summed E-state index contributed by atoms with van der Waals surface area (Å²) in [5.41, 5.74) is 2.19. The number of hydrogen-bond acceptors (Lipinski definition) is 0. The zero-order valence-corrected chi connectivity index (χ0v) is 12.1. The van der Waals surface area contributed by atoms with E-state index in [-0.39, 0.29) is 0 Å². The van der Waals surface area contributed by atoms with Crippen LogP contribution in [0.3, 0.4) is 0 Å². The van der Waals surface area contributed by atoms with Gasteiger partial charge in [-0.3, -0.25) is 0 Å². The van der Waals surface area contributed by atoms with Crippen molar-refractivity contribution in [3.8, 4) is 0 Å². The minimum atomic E-state index is 0.508. The summed E-state index contributed by atoms with van der Waals surface area (Å²) in [6.45, 7) is 7.13. The van der Waals surface area contributed by atoms with Crippen molar-refractivity contribution >= 4 is 45.2 Å². The van der Waals surface area contributed by atoms with Crippen LogP contribution in [-0.2, 0) is 0 Å². The second-order valence-electron chi connectivity index (χ2n) is 4.62.